The van der Waals surface area contributed by atoms with Gasteiger partial charge in [-0.1, -0.05) is 23.4 Å². The van der Waals surface area contributed by atoms with Gasteiger partial charge in [-0.2, -0.15) is 0 Å². The number of fused-ring (bicyclic) bond motifs is 2. The maximum atomic E-state index is 8.68. The van der Waals surface area contributed by atoms with Gasteiger partial charge >= 0.3 is 0 Å². The van der Waals surface area contributed by atoms with E-state index in [4.69, 9.17) is 15.7 Å². The normalized spacial score (nSPS) is 19.2. The Kier molecular flexibility index (Phi) is 3.48. The fourth-order valence-corrected chi connectivity index (χ4v) is 3.58. The first kappa shape index (κ1) is 14.7. The molecule has 0 unspecified atom stereocenters. The summed E-state index contributed by atoms with van der Waals surface area (Å²) in [6.45, 7) is 2.55. The molecule has 0 bridgehead atoms. The van der Waals surface area contributed by atoms with Crippen LogP contribution in [0, 0.1) is 0 Å². The molecule has 1 aromatic carbocycles. The topological polar surface area (TPSA) is 96.9 Å². The van der Waals surface area contributed by atoms with Gasteiger partial charge in [0.2, 0.25) is 0 Å². The predicted molar refractivity (Wildman–Crippen MR) is 89.6 cm³/mol. The summed E-state index contributed by atoms with van der Waals surface area (Å²) in [4.78, 5) is 2.22. The fourth-order valence-electron chi connectivity index (χ4n) is 3.58. The van der Waals surface area contributed by atoms with Crippen LogP contribution in [0.15, 0.2) is 41.6 Å². The number of hydrogen-bond donors (Lipinski definition) is 2. The molecule has 0 amide bonds. The van der Waals surface area contributed by atoms with E-state index in [2.05, 4.69) is 32.4 Å². The average Bonchev–Trinajstić information content (AvgIpc) is 3.01. The van der Waals surface area contributed by atoms with E-state index in [9.17, 15) is 0 Å². The molecule has 1 fully saturated rings. The Morgan fingerprint density at radius 3 is 2.67 bits per heavy atom. The lowest BCUT2D eigenvalue weighted by molar-refractivity contribution is 0.230. The molecule has 0 atom stereocenters. The Hall–Kier alpha value is -2.83. The lowest BCUT2D eigenvalue weighted by Gasteiger charge is -2.38. The summed E-state index contributed by atoms with van der Waals surface area (Å²) in [6.07, 6.45) is 2.04. The van der Waals surface area contributed by atoms with Gasteiger partial charge in [-0.05, 0) is 31.0 Å². The lowest BCUT2D eigenvalue weighted by atomic mass is 9.74. The van der Waals surface area contributed by atoms with Crippen LogP contribution in [0.25, 0.3) is 0 Å². The van der Waals surface area contributed by atoms with Crippen molar-refractivity contribution >= 4 is 11.7 Å². The minimum Gasteiger partial charge on any atom is -0.492 e. The van der Waals surface area contributed by atoms with Crippen molar-refractivity contribution < 1.29 is 9.94 Å². The predicted octanol–water partition coefficient (Wildman–Crippen LogP) is 1.50. The number of benzene rings is 1. The Bertz CT molecular complexity index is 767. The standard InChI is InChI=1S/C17H19N5O2/c18-16(21-23)13-5-6-15(20-19-13)22-9-7-17(8-10-22)11-24-14-4-2-1-3-12(14)17/h1-6,23H,7-11H2,(H2,18,21). The van der Waals surface area contributed by atoms with Crippen LogP contribution in [-0.2, 0) is 5.41 Å². The summed E-state index contributed by atoms with van der Waals surface area (Å²) < 4.78 is 5.89. The first-order valence-corrected chi connectivity index (χ1v) is 8.01. The first-order valence-electron chi connectivity index (χ1n) is 8.01. The summed E-state index contributed by atoms with van der Waals surface area (Å²) >= 11 is 0. The summed E-state index contributed by atoms with van der Waals surface area (Å²) in [5.41, 5.74) is 7.34. The zero-order valence-electron chi connectivity index (χ0n) is 13.2. The molecule has 7 heteroatoms. The fraction of sp³-hybridized carbons (Fsp3) is 0.353. The van der Waals surface area contributed by atoms with Crippen LogP contribution < -0.4 is 15.4 Å². The van der Waals surface area contributed by atoms with Crippen LogP contribution in [-0.4, -0.2) is 40.9 Å². The van der Waals surface area contributed by atoms with Gasteiger partial charge in [-0.25, -0.2) is 0 Å². The number of nitrogens with zero attached hydrogens (tertiary/aromatic N) is 4. The molecule has 24 heavy (non-hydrogen) atoms. The molecule has 1 saturated heterocycles. The number of oxime groups is 1. The number of rotatable bonds is 2. The van der Waals surface area contributed by atoms with Crippen LogP contribution >= 0.6 is 0 Å². The molecular weight excluding hydrogens is 306 g/mol. The molecule has 1 aromatic heterocycles. The van der Waals surface area contributed by atoms with Crippen molar-refractivity contribution in [3.8, 4) is 5.75 Å². The smallest absolute Gasteiger partial charge is 0.190 e. The SMILES string of the molecule is N/C(=N\O)c1ccc(N2CCC3(CC2)COc2ccccc23)nn1. The van der Waals surface area contributed by atoms with Gasteiger partial charge in [0.05, 0.1) is 6.61 Å². The molecule has 0 saturated carbocycles. The molecule has 2 aliphatic rings. The summed E-state index contributed by atoms with van der Waals surface area (Å²) in [6, 6.07) is 11.9. The molecule has 2 aromatic rings. The van der Waals surface area contributed by atoms with E-state index >= 15 is 0 Å². The van der Waals surface area contributed by atoms with Gasteiger partial charge < -0.3 is 20.6 Å². The first-order chi connectivity index (χ1) is 11.7. The number of nitrogens with two attached hydrogens (primary N) is 1. The number of hydrogen-bond acceptors (Lipinski definition) is 6. The third kappa shape index (κ3) is 2.33. The van der Waals surface area contributed by atoms with Crippen LogP contribution in [0.4, 0.5) is 5.82 Å². The van der Waals surface area contributed by atoms with Crippen LogP contribution in [0.1, 0.15) is 24.1 Å². The monoisotopic (exact) mass is 325 g/mol. The van der Waals surface area contributed by atoms with E-state index in [1.807, 2.05) is 18.2 Å². The Morgan fingerprint density at radius 2 is 1.96 bits per heavy atom. The highest BCUT2D eigenvalue weighted by molar-refractivity contribution is 5.95. The quantitative estimate of drug-likeness (QED) is 0.376. The molecule has 2 aliphatic heterocycles. The molecule has 1 spiro atoms. The van der Waals surface area contributed by atoms with Gasteiger partial charge in [-0.3, -0.25) is 0 Å². The van der Waals surface area contributed by atoms with Gasteiger partial charge in [-0.15, -0.1) is 10.2 Å². The zero-order chi connectivity index (χ0) is 16.6. The van der Waals surface area contributed by atoms with E-state index in [1.54, 1.807) is 6.07 Å². The molecule has 3 heterocycles. The van der Waals surface area contributed by atoms with Gasteiger partial charge in [0, 0.05) is 24.1 Å². The van der Waals surface area contributed by atoms with E-state index in [-0.39, 0.29) is 11.3 Å². The molecule has 4 rings (SSSR count). The molecule has 7 nitrogen and oxygen atoms in total. The maximum Gasteiger partial charge on any atom is 0.190 e. The highest BCUT2D eigenvalue weighted by Crippen LogP contribution is 2.45. The van der Waals surface area contributed by atoms with E-state index in [0.29, 0.717) is 5.69 Å². The molecular formula is C17H19N5O2. The number of amidine groups is 1. The highest BCUT2D eigenvalue weighted by atomic mass is 16.5. The Labute approximate surface area is 139 Å². The van der Waals surface area contributed by atoms with Crippen molar-refractivity contribution in [3.05, 3.63) is 47.7 Å². The third-order valence-electron chi connectivity index (χ3n) is 5.03. The Morgan fingerprint density at radius 1 is 1.17 bits per heavy atom. The zero-order valence-corrected chi connectivity index (χ0v) is 13.2. The minimum absolute atomic E-state index is 0.0358. The van der Waals surface area contributed by atoms with Gasteiger partial charge in [0.25, 0.3) is 0 Å². The number of para-hydroxylation sites is 1. The molecule has 3 N–H and O–H groups in total. The lowest BCUT2D eigenvalue weighted by Crippen LogP contribution is -2.44. The van der Waals surface area contributed by atoms with Crippen molar-refractivity contribution in [2.75, 3.05) is 24.6 Å². The van der Waals surface area contributed by atoms with Crippen molar-refractivity contribution in [3.63, 3.8) is 0 Å². The van der Waals surface area contributed by atoms with Crippen molar-refractivity contribution in [1.29, 1.82) is 0 Å². The van der Waals surface area contributed by atoms with Gasteiger partial charge in [0.15, 0.2) is 11.7 Å². The van der Waals surface area contributed by atoms with Gasteiger partial charge in [0.1, 0.15) is 11.4 Å². The summed E-state index contributed by atoms with van der Waals surface area (Å²) in [5, 5.41) is 19.8. The largest absolute Gasteiger partial charge is 0.492 e. The second kappa shape index (κ2) is 5.67. The molecule has 124 valence electrons. The van der Waals surface area contributed by atoms with Crippen LogP contribution in [0.2, 0.25) is 0 Å². The van der Waals surface area contributed by atoms with Crippen molar-refractivity contribution in [2.45, 2.75) is 18.3 Å². The van der Waals surface area contributed by atoms with E-state index in [1.165, 1.54) is 5.56 Å². The highest BCUT2D eigenvalue weighted by Gasteiger charge is 2.43. The third-order valence-corrected chi connectivity index (χ3v) is 5.03. The van der Waals surface area contributed by atoms with Crippen LogP contribution in [0.5, 0.6) is 5.75 Å². The van der Waals surface area contributed by atoms with E-state index in [0.717, 1.165) is 44.1 Å². The summed E-state index contributed by atoms with van der Waals surface area (Å²) in [7, 11) is 0. The molecule has 0 radical (unpaired) electrons. The Balaban J connectivity index is 1.49. The maximum absolute atomic E-state index is 8.68. The van der Waals surface area contributed by atoms with Crippen LogP contribution in [0.3, 0.4) is 0 Å². The van der Waals surface area contributed by atoms with E-state index < -0.39 is 0 Å². The second-order valence-corrected chi connectivity index (χ2v) is 6.31. The average molecular weight is 325 g/mol. The number of piperidine rings is 1. The number of aromatic nitrogens is 2. The minimum atomic E-state index is -0.0358. The molecule has 0 aliphatic carbocycles. The second-order valence-electron chi connectivity index (χ2n) is 6.31. The van der Waals surface area contributed by atoms with Crippen molar-refractivity contribution in [1.82, 2.24) is 10.2 Å². The number of ether oxygens (including phenoxy) is 1. The summed E-state index contributed by atoms with van der Waals surface area (Å²) in [5.74, 6) is 1.80. The van der Waals surface area contributed by atoms with Crippen molar-refractivity contribution in [2.24, 2.45) is 10.9 Å². The number of anilines is 1.